The van der Waals surface area contributed by atoms with Crippen molar-refractivity contribution in [1.29, 1.82) is 0 Å². The first kappa shape index (κ1) is 21.4. The molecule has 0 spiro atoms. The Bertz CT molecular complexity index is 716. The van der Waals surface area contributed by atoms with Gasteiger partial charge in [0.1, 0.15) is 11.5 Å². The van der Waals surface area contributed by atoms with Crippen LogP contribution in [-0.4, -0.2) is 80.1 Å². The summed E-state index contributed by atoms with van der Waals surface area (Å²) in [5.41, 5.74) is 1.15. The van der Waals surface area contributed by atoms with Crippen molar-refractivity contribution < 1.29 is 14.3 Å². The Kier molecular flexibility index (Phi) is 7.16. The summed E-state index contributed by atoms with van der Waals surface area (Å²) in [6.45, 7) is 6.23. The standard InChI is InChI=1S/C24H37N3O3/c1-29-21-9-10-23(30-2)20(16-21)17-25-12-14-26(15-13-25)18-24(28)27-11-5-7-19-6-3-4-8-22(19)27/h9-10,16,19,22H,3-8,11-15,17-18H2,1-2H3. The second-order valence-electron chi connectivity index (χ2n) is 9.07. The van der Waals surface area contributed by atoms with E-state index < -0.39 is 0 Å². The minimum atomic E-state index is 0.356. The maximum atomic E-state index is 13.1. The van der Waals surface area contributed by atoms with E-state index in [1.54, 1.807) is 14.2 Å². The fourth-order valence-corrected chi connectivity index (χ4v) is 5.57. The van der Waals surface area contributed by atoms with Crippen LogP contribution < -0.4 is 9.47 Å². The summed E-state index contributed by atoms with van der Waals surface area (Å²) < 4.78 is 10.9. The van der Waals surface area contributed by atoms with E-state index in [1.165, 1.54) is 38.5 Å². The second-order valence-corrected chi connectivity index (χ2v) is 9.07. The van der Waals surface area contributed by atoms with Gasteiger partial charge >= 0.3 is 0 Å². The van der Waals surface area contributed by atoms with E-state index in [-0.39, 0.29) is 0 Å². The number of hydrogen-bond donors (Lipinski definition) is 0. The molecule has 1 aliphatic carbocycles. The molecule has 0 aromatic heterocycles. The number of likely N-dealkylation sites (tertiary alicyclic amines) is 1. The van der Waals surface area contributed by atoms with Crippen LogP contribution in [0.2, 0.25) is 0 Å². The molecule has 2 atom stereocenters. The van der Waals surface area contributed by atoms with Gasteiger partial charge in [0.25, 0.3) is 0 Å². The minimum Gasteiger partial charge on any atom is -0.497 e. The van der Waals surface area contributed by atoms with Gasteiger partial charge in [0.05, 0.1) is 20.8 Å². The van der Waals surface area contributed by atoms with Crippen LogP contribution in [0.1, 0.15) is 44.1 Å². The molecule has 0 bridgehead atoms. The van der Waals surface area contributed by atoms with Gasteiger partial charge in [-0.1, -0.05) is 12.8 Å². The Balaban J connectivity index is 1.28. The summed E-state index contributed by atoms with van der Waals surface area (Å²) >= 11 is 0. The molecule has 3 aliphatic rings. The predicted octanol–water partition coefficient (Wildman–Crippen LogP) is 3.00. The largest absolute Gasteiger partial charge is 0.497 e. The number of ether oxygens (including phenoxy) is 2. The molecular weight excluding hydrogens is 378 g/mol. The molecule has 1 aromatic carbocycles. The van der Waals surface area contributed by atoms with Crippen LogP contribution in [0.25, 0.3) is 0 Å². The summed E-state index contributed by atoms with van der Waals surface area (Å²) in [5.74, 6) is 2.87. The zero-order chi connectivity index (χ0) is 20.9. The molecule has 2 aliphatic heterocycles. The summed E-state index contributed by atoms with van der Waals surface area (Å²) in [4.78, 5) is 20.1. The Labute approximate surface area is 181 Å². The van der Waals surface area contributed by atoms with Crippen molar-refractivity contribution in [3.63, 3.8) is 0 Å². The fourth-order valence-electron chi connectivity index (χ4n) is 5.57. The van der Waals surface area contributed by atoms with E-state index in [0.29, 0.717) is 18.5 Å². The van der Waals surface area contributed by atoms with Gasteiger partial charge in [-0.3, -0.25) is 14.6 Å². The number of benzene rings is 1. The highest BCUT2D eigenvalue weighted by Crippen LogP contribution is 2.35. The summed E-state index contributed by atoms with van der Waals surface area (Å²) in [6.07, 6.45) is 7.68. The van der Waals surface area contributed by atoms with E-state index >= 15 is 0 Å². The smallest absolute Gasteiger partial charge is 0.237 e. The van der Waals surface area contributed by atoms with Gasteiger partial charge in [-0.2, -0.15) is 0 Å². The molecule has 166 valence electrons. The number of piperazine rings is 1. The van der Waals surface area contributed by atoms with Crippen molar-refractivity contribution >= 4 is 5.91 Å². The van der Waals surface area contributed by atoms with Crippen molar-refractivity contribution in [1.82, 2.24) is 14.7 Å². The molecule has 1 saturated carbocycles. The van der Waals surface area contributed by atoms with Crippen molar-refractivity contribution in [2.24, 2.45) is 5.92 Å². The highest BCUT2D eigenvalue weighted by molar-refractivity contribution is 5.78. The summed E-state index contributed by atoms with van der Waals surface area (Å²) in [6, 6.07) is 6.48. The fraction of sp³-hybridized carbons (Fsp3) is 0.708. The van der Waals surface area contributed by atoms with Crippen LogP contribution in [0.4, 0.5) is 0 Å². The zero-order valence-electron chi connectivity index (χ0n) is 18.6. The number of carbonyl (C=O) groups excluding carboxylic acids is 1. The van der Waals surface area contributed by atoms with Crippen molar-refractivity contribution in [2.75, 3.05) is 53.5 Å². The number of fused-ring (bicyclic) bond motifs is 1. The van der Waals surface area contributed by atoms with Crippen molar-refractivity contribution in [3.8, 4) is 11.5 Å². The number of carbonyl (C=O) groups is 1. The third-order valence-electron chi connectivity index (χ3n) is 7.27. The lowest BCUT2D eigenvalue weighted by Crippen LogP contribution is -2.54. The van der Waals surface area contributed by atoms with Crippen LogP contribution in [0.3, 0.4) is 0 Å². The third-order valence-corrected chi connectivity index (χ3v) is 7.27. The van der Waals surface area contributed by atoms with Crippen LogP contribution in [0.5, 0.6) is 11.5 Å². The molecule has 0 N–H and O–H groups in total. The lowest BCUT2D eigenvalue weighted by atomic mass is 9.78. The molecule has 0 radical (unpaired) electrons. The quantitative estimate of drug-likeness (QED) is 0.715. The first-order chi connectivity index (χ1) is 14.7. The Hall–Kier alpha value is -1.79. The van der Waals surface area contributed by atoms with E-state index in [4.69, 9.17) is 9.47 Å². The average Bonchev–Trinajstić information content (AvgIpc) is 2.79. The first-order valence-electron chi connectivity index (χ1n) is 11.6. The number of piperidine rings is 1. The van der Waals surface area contributed by atoms with Gasteiger partial charge < -0.3 is 14.4 Å². The van der Waals surface area contributed by atoms with Crippen molar-refractivity contribution in [2.45, 2.75) is 51.1 Å². The maximum absolute atomic E-state index is 13.1. The van der Waals surface area contributed by atoms with Gasteiger partial charge in [-0.15, -0.1) is 0 Å². The van der Waals surface area contributed by atoms with Crippen LogP contribution in [0, 0.1) is 5.92 Å². The SMILES string of the molecule is COc1ccc(OC)c(CN2CCN(CC(=O)N3CCCC4CCCCC43)CC2)c1. The monoisotopic (exact) mass is 415 g/mol. The minimum absolute atomic E-state index is 0.356. The van der Waals surface area contributed by atoms with E-state index in [2.05, 4.69) is 20.8 Å². The van der Waals surface area contributed by atoms with E-state index in [9.17, 15) is 4.79 Å². The summed E-state index contributed by atoms with van der Waals surface area (Å²) in [5, 5.41) is 0. The Morgan fingerprint density at radius 2 is 1.67 bits per heavy atom. The number of rotatable bonds is 6. The normalized spacial score (nSPS) is 25.6. The Morgan fingerprint density at radius 1 is 0.933 bits per heavy atom. The number of amides is 1. The van der Waals surface area contributed by atoms with Crippen LogP contribution in [-0.2, 0) is 11.3 Å². The second kappa shape index (κ2) is 10.0. The first-order valence-corrected chi connectivity index (χ1v) is 11.6. The van der Waals surface area contributed by atoms with Gasteiger partial charge in [0.15, 0.2) is 0 Å². The van der Waals surface area contributed by atoms with Crippen molar-refractivity contribution in [3.05, 3.63) is 23.8 Å². The van der Waals surface area contributed by atoms with Crippen LogP contribution >= 0.6 is 0 Å². The molecule has 1 amide bonds. The molecule has 6 heteroatoms. The molecule has 2 saturated heterocycles. The molecule has 6 nitrogen and oxygen atoms in total. The topological polar surface area (TPSA) is 45.3 Å². The zero-order valence-corrected chi connectivity index (χ0v) is 18.6. The van der Waals surface area contributed by atoms with Crippen LogP contribution in [0.15, 0.2) is 18.2 Å². The molecule has 2 unspecified atom stereocenters. The van der Waals surface area contributed by atoms with Gasteiger partial charge in [0.2, 0.25) is 5.91 Å². The Morgan fingerprint density at radius 3 is 2.43 bits per heavy atom. The molecule has 30 heavy (non-hydrogen) atoms. The average molecular weight is 416 g/mol. The maximum Gasteiger partial charge on any atom is 0.237 e. The number of nitrogens with zero attached hydrogens (tertiary/aromatic N) is 3. The molecule has 4 rings (SSSR count). The van der Waals surface area contributed by atoms with Gasteiger partial charge in [-0.25, -0.2) is 0 Å². The molecular formula is C24H37N3O3. The highest BCUT2D eigenvalue weighted by atomic mass is 16.5. The number of hydrogen-bond acceptors (Lipinski definition) is 5. The highest BCUT2D eigenvalue weighted by Gasteiger charge is 2.36. The predicted molar refractivity (Wildman–Crippen MR) is 118 cm³/mol. The lowest BCUT2D eigenvalue weighted by Gasteiger charge is -2.45. The number of methoxy groups -OCH3 is 2. The summed E-state index contributed by atoms with van der Waals surface area (Å²) in [7, 11) is 3.41. The third kappa shape index (κ3) is 4.92. The lowest BCUT2D eigenvalue weighted by molar-refractivity contribution is -0.139. The molecule has 2 heterocycles. The van der Waals surface area contributed by atoms with Gasteiger partial charge in [-0.05, 0) is 49.8 Å². The van der Waals surface area contributed by atoms with Gasteiger partial charge in [0, 0.05) is 50.9 Å². The van der Waals surface area contributed by atoms with E-state index in [1.807, 2.05) is 12.1 Å². The molecule has 1 aromatic rings. The van der Waals surface area contributed by atoms with E-state index in [0.717, 1.165) is 62.2 Å². The molecule has 3 fully saturated rings.